The fourth-order valence-electron chi connectivity index (χ4n) is 3.99. The molecule has 142 valence electrons. The Bertz CT molecular complexity index is 1030. The van der Waals surface area contributed by atoms with E-state index in [4.69, 9.17) is 9.72 Å². The molecule has 0 saturated carbocycles. The molecule has 5 heteroatoms. The summed E-state index contributed by atoms with van der Waals surface area (Å²) in [4.78, 5) is 19.1. The van der Waals surface area contributed by atoms with Crippen LogP contribution in [0.25, 0.3) is 21.3 Å². The minimum absolute atomic E-state index is 0.0507. The molecule has 0 atom stereocenters. The first-order valence-corrected chi connectivity index (χ1v) is 10.6. The standard InChI is InChI=1S/C22H26N2O2S/c1-14(2)20-23-21-19(22(25)24(20)10-11-26-3)18(13-27-21)17-9-8-15-6-4-5-7-16(15)12-17/h8-9,12-14H,4-7,10-11H2,1-3H3. The Morgan fingerprint density at radius 2 is 2.00 bits per heavy atom. The van der Waals surface area contributed by atoms with E-state index in [0.717, 1.165) is 33.6 Å². The molecule has 0 unspecified atom stereocenters. The van der Waals surface area contributed by atoms with Crippen molar-refractivity contribution >= 4 is 21.6 Å². The van der Waals surface area contributed by atoms with Gasteiger partial charge in [-0.05, 0) is 42.4 Å². The van der Waals surface area contributed by atoms with Gasteiger partial charge < -0.3 is 4.74 Å². The van der Waals surface area contributed by atoms with E-state index < -0.39 is 0 Å². The summed E-state index contributed by atoms with van der Waals surface area (Å²) in [7, 11) is 1.66. The molecule has 0 aliphatic heterocycles. The number of hydrogen-bond donors (Lipinski definition) is 0. The van der Waals surface area contributed by atoms with Gasteiger partial charge in [-0.25, -0.2) is 4.98 Å². The van der Waals surface area contributed by atoms with Gasteiger partial charge in [0.1, 0.15) is 10.7 Å². The molecule has 2 heterocycles. The molecule has 1 aliphatic rings. The SMILES string of the molecule is COCCn1c(C(C)C)nc2scc(-c3ccc4c(c3)CCCC4)c2c1=O. The van der Waals surface area contributed by atoms with Crippen molar-refractivity contribution in [2.75, 3.05) is 13.7 Å². The van der Waals surface area contributed by atoms with Gasteiger partial charge in [-0.1, -0.05) is 32.0 Å². The van der Waals surface area contributed by atoms with Crippen LogP contribution in [0.2, 0.25) is 0 Å². The van der Waals surface area contributed by atoms with Gasteiger partial charge in [0.15, 0.2) is 0 Å². The molecule has 3 aromatic rings. The van der Waals surface area contributed by atoms with Gasteiger partial charge in [0.2, 0.25) is 0 Å². The number of fused-ring (bicyclic) bond motifs is 2. The third kappa shape index (κ3) is 3.34. The topological polar surface area (TPSA) is 44.1 Å². The molecule has 0 spiro atoms. The summed E-state index contributed by atoms with van der Waals surface area (Å²) in [6.07, 6.45) is 4.84. The van der Waals surface area contributed by atoms with Crippen molar-refractivity contribution in [2.45, 2.75) is 52.0 Å². The number of rotatable bonds is 5. The maximum atomic E-state index is 13.4. The van der Waals surface area contributed by atoms with Crippen LogP contribution < -0.4 is 5.56 Å². The largest absolute Gasteiger partial charge is 0.383 e. The lowest BCUT2D eigenvalue weighted by Crippen LogP contribution is -2.27. The molecule has 0 N–H and O–H groups in total. The van der Waals surface area contributed by atoms with E-state index in [1.54, 1.807) is 23.0 Å². The monoisotopic (exact) mass is 382 g/mol. The van der Waals surface area contributed by atoms with E-state index in [1.165, 1.54) is 30.4 Å². The van der Waals surface area contributed by atoms with E-state index in [-0.39, 0.29) is 11.5 Å². The summed E-state index contributed by atoms with van der Waals surface area (Å²) in [5.74, 6) is 1.02. The first kappa shape index (κ1) is 18.4. The highest BCUT2D eigenvalue weighted by atomic mass is 32.1. The molecule has 0 bridgehead atoms. The number of hydrogen-bond acceptors (Lipinski definition) is 4. The van der Waals surface area contributed by atoms with Crippen LogP contribution >= 0.6 is 11.3 Å². The molecule has 0 amide bonds. The van der Waals surface area contributed by atoms with Crippen LogP contribution in [-0.2, 0) is 24.1 Å². The van der Waals surface area contributed by atoms with Gasteiger partial charge in [-0.2, -0.15) is 0 Å². The van der Waals surface area contributed by atoms with Crippen LogP contribution in [0.1, 0.15) is 49.6 Å². The number of benzene rings is 1. The van der Waals surface area contributed by atoms with Gasteiger partial charge >= 0.3 is 0 Å². The summed E-state index contributed by atoms with van der Waals surface area (Å²) in [5.41, 5.74) is 5.10. The van der Waals surface area contributed by atoms with Crippen molar-refractivity contribution in [2.24, 2.45) is 0 Å². The quantitative estimate of drug-likeness (QED) is 0.638. The van der Waals surface area contributed by atoms with Gasteiger partial charge in [0, 0.05) is 24.0 Å². The smallest absolute Gasteiger partial charge is 0.262 e. The summed E-state index contributed by atoms with van der Waals surface area (Å²) in [5, 5.41) is 2.84. The molecule has 4 nitrogen and oxygen atoms in total. The zero-order valence-corrected chi connectivity index (χ0v) is 17.1. The summed E-state index contributed by atoms with van der Waals surface area (Å²) in [6.45, 7) is 5.19. The molecule has 1 aliphatic carbocycles. The maximum Gasteiger partial charge on any atom is 0.262 e. The average molecular weight is 383 g/mol. The predicted octanol–water partition coefficient (Wildman–Crippen LogP) is 4.77. The minimum atomic E-state index is 0.0507. The first-order valence-electron chi connectivity index (χ1n) is 9.73. The van der Waals surface area contributed by atoms with Crippen LogP contribution in [0.4, 0.5) is 0 Å². The lowest BCUT2D eigenvalue weighted by molar-refractivity contribution is 0.184. The van der Waals surface area contributed by atoms with Crippen LogP contribution in [0.15, 0.2) is 28.4 Å². The van der Waals surface area contributed by atoms with Gasteiger partial charge in [0.05, 0.1) is 18.5 Å². The van der Waals surface area contributed by atoms with Crippen molar-refractivity contribution in [3.05, 3.63) is 50.9 Å². The molecule has 4 rings (SSSR count). The van der Waals surface area contributed by atoms with E-state index in [2.05, 4.69) is 37.4 Å². The van der Waals surface area contributed by atoms with E-state index >= 15 is 0 Å². The van der Waals surface area contributed by atoms with Crippen molar-refractivity contribution < 1.29 is 4.74 Å². The second-order valence-corrected chi connectivity index (χ2v) is 8.45. The van der Waals surface area contributed by atoms with Crippen molar-refractivity contribution in [3.63, 3.8) is 0 Å². The second-order valence-electron chi connectivity index (χ2n) is 7.59. The molecule has 0 radical (unpaired) electrons. The number of thiophene rings is 1. The third-order valence-electron chi connectivity index (χ3n) is 5.42. The fourth-order valence-corrected chi connectivity index (χ4v) is 4.94. The van der Waals surface area contributed by atoms with Crippen LogP contribution in [0.3, 0.4) is 0 Å². The first-order chi connectivity index (χ1) is 13.1. The van der Waals surface area contributed by atoms with Gasteiger partial charge in [-0.15, -0.1) is 11.3 Å². The molecule has 0 fully saturated rings. The van der Waals surface area contributed by atoms with Crippen LogP contribution in [-0.4, -0.2) is 23.3 Å². The number of ether oxygens (including phenoxy) is 1. The summed E-state index contributed by atoms with van der Waals surface area (Å²) < 4.78 is 7.02. The van der Waals surface area contributed by atoms with Gasteiger partial charge in [0.25, 0.3) is 5.56 Å². The molecular weight excluding hydrogens is 356 g/mol. The lowest BCUT2D eigenvalue weighted by Gasteiger charge is -2.17. The number of methoxy groups -OCH3 is 1. The average Bonchev–Trinajstić information content (AvgIpc) is 3.11. The maximum absolute atomic E-state index is 13.4. The number of aromatic nitrogens is 2. The Morgan fingerprint density at radius 3 is 2.74 bits per heavy atom. The van der Waals surface area contributed by atoms with Crippen molar-refractivity contribution in [1.29, 1.82) is 0 Å². The zero-order chi connectivity index (χ0) is 19.0. The van der Waals surface area contributed by atoms with E-state index in [9.17, 15) is 4.79 Å². The highest BCUT2D eigenvalue weighted by Crippen LogP contribution is 2.34. The highest BCUT2D eigenvalue weighted by molar-refractivity contribution is 7.17. The Morgan fingerprint density at radius 1 is 1.22 bits per heavy atom. The number of aryl methyl sites for hydroxylation is 2. The van der Waals surface area contributed by atoms with Gasteiger partial charge in [-0.3, -0.25) is 9.36 Å². The fraction of sp³-hybridized carbons (Fsp3) is 0.455. The molecule has 27 heavy (non-hydrogen) atoms. The Kier molecular flexibility index (Phi) is 5.15. The third-order valence-corrected chi connectivity index (χ3v) is 6.29. The van der Waals surface area contributed by atoms with E-state index in [1.807, 2.05) is 0 Å². The Balaban J connectivity index is 1.89. The lowest BCUT2D eigenvalue weighted by atomic mass is 9.89. The van der Waals surface area contributed by atoms with E-state index in [0.29, 0.717) is 13.2 Å². The summed E-state index contributed by atoms with van der Waals surface area (Å²) >= 11 is 1.57. The molecule has 1 aromatic carbocycles. The van der Waals surface area contributed by atoms with Crippen molar-refractivity contribution in [3.8, 4) is 11.1 Å². The number of nitrogens with zero attached hydrogens (tertiary/aromatic N) is 2. The van der Waals surface area contributed by atoms with Crippen LogP contribution in [0, 0.1) is 0 Å². The second kappa shape index (κ2) is 7.56. The highest BCUT2D eigenvalue weighted by Gasteiger charge is 2.19. The zero-order valence-electron chi connectivity index (χ0n) is 16.2. The van der Waals surface area contributed by atoms with Crippen molar-refractivity contribution in [1.82, 2.24) is 9.55 Å². The summed E-state index contributed by atoms with van der Waals surface area (Å²) in [6, 6.07) is 6.69. The predicted molar refractivity (Wildman–Crippen MR) is 112 cm³/mol. The Hall–Kier alpha value is -1.98. The molecular formula is C22H26N2O2S. The molecule has 2 aromatic heterocycles. The Labute approximate surface area is 163 Å². The molecule has 0 saturated heterocycles. The normalized spacial score (nSPS) is 14.1. The minimum Gasteiger partial charge on any atom is -0.383 e. The van der Waals surface area contributed by atoms with Crippen LogP contribution in [0.5, 0.6) is 0 Å².